The molecule has 1 aromatic rings. The van der Waals surface area contributed by atoms with Crippen molar-refractivity contribution < 1.29 is 9.90 Å². The van der Waals surface area contributed by atoms with Gasteiger partial charge in [-0.05, 0) is 29.2 Å². The molecule has 5 nitrogen and oxygen atoms in total. The number of nitrogens with two attached hydrogens (primary N) is 2. The predicted octanol–water partition coefficient (Wildman–Crippen LogP) is -0.174. The number of nitrogens with one attached hydrogen (secondary N) is 1. The number of rotatable bonds is 2. The Bertz CT molecular complexity index is 431. The van der Waals surface area contributed by atoms with Crippen LogP contribution in [0.25, 0.3) is 0 Å². The van der Waals surface area contributed by atoms with Gasteiger partial charge in [-0.25, -0.2) is 0 Å². The summed E-state index contributed by atoms with van der Waals surface area (Å²) >= 11 is 0. The van der Waals surface area contributed by atoms with E-state index in [1.54, 1.807) is 0 Å². The fourth-order valence-corrected chi connectivity index (χ4v) is 2.09. The van der Waals surface area contributed by atoms with E-state index in [1.165, 1.54) is 0 Å². The minimum atomic E-state index is -0.837. The molecular weight excluding hydrogens is 206 g/mol. The van der Waals surface area contributed by atoms with E-state index in [0.717, 1.165) is 16.7 Å². The molecule has 0 aromatic heterocycles. The molecule has 16 heavy (non-hydrogen) atoms. The first-order valence-corrected chi connectivity index (χ1v) is 5.19. The number of aliphatic carboxylic acids is 1. The second kappa shape index (κ2) is 4.11. The minimum absolute atomic E-state index is 0.412. The van der Waals surface area contributed by atoms with Crippen molar-refractivity contribution in [1.82, 2.24) is 5.32 Å². The number of nitrogen functional groups attached to an aromatic ring is 1. The molecule has 1 aromatic carbocycles. The van der Waals surface area contributed by atoms with Gasteiger partial charge in [-0.15, -0.1) is 0 Å². The lowest BCUT2D eigenvalue weighted by Crippen LogP contribution is -2.42. The molecule has 0 bridgehead atoms. The van der Waals surface area contributed by atoms with Gasteiger partial charge in [0.05, 0.1) is 0 Å². The van der Waals surface area contributed by atoms with E-state index in [2.05, 4.69) is 5.32 Å². The molecule has 2 rings (SSSR count). The summed E-state index contributed by atoms with van der Waals surface area (Å²) < 4.78 is 0. The average Bonchev–Trinajstić information content (AvgIpc) is 2.29. The summed E-state index contributed by atoms with van der Waals surface area (Å²) in [5.41, 5.74) is 15.2. The molecule has 0 fully saturated rings. The van der Waals surface area contributed by atoms with Gasteiger partial charge >= 0.3 is 5.97 Å². The standard InChI is InChI=1S/C11H15N3O2/c12-4-6-1-2-9(13)8-5-14-10(11(15)16)3-7(6)8/h1-2,10,14H,3-5,12-13H2,(H,15,16). The van der Waals surface area contributed by atoms with Gasteiger partial charge in [0, 0.05) is 18.8 Å². The average molecular weight is 221 g/mol. The second-order valence-corrected chi connectivity index (χ2v) is 3.95. The van der Waals surface area contributed by atoms with Gasteiger partial charge in [0.25, 0.3) is 0 Å². The number of carboxylic acids is 1. The van der Waals surface area contributed by atoms with Gasteiger partial charge in [0.1, 0.15) is 6.04 Å². The van der Waals surface area contributed by atoms with E-state index in [9.17, 15) is 4.79 Å². The number of benzene rings is 1. The number of carbonyl (C=O) groups is 1. The lowest BCUT2D eigenvalue weighted by molar-refractivity contribution is -0.139. The van der Waals surface area contributed by atoms with Crippen molar-refractivity contribution in [2.45, 2.75) is 25.6 Å². The van der Waals surface area contributed by atoms with Crippen LogP contribution in [0.1, 0.15) is 16.7 Å². The molecule has 1 aliphatic rings. The smallest absolute Gasteiger partial charge is 0.321 e. The first kappa shape index (κ1) is 10.9. The summed E-state index contributed by atoms with van der Waals surface area (Å²) in [4.78, 5) is 10.9. The summed E-state index contributed by atoms with van der Waals surface area (Å²) in [6, 6.07) is 3.15. The van der Waals surface area contributed by atoms with Crippen LogP contribution in [0.2, 0.25) is 0 Å². The van der Waals surface area contributed by atoms with Crippen molar-refractivity contribution in [1.29, 1.82) is 0 Å². The van der Waals surface area contributed by atoms with E-state index in [0.29, 0.717) is 25.2 Å². The molecule has 1 unspecified atom stereocenters. The van der Waals surface area contributed by atoms with Crippen LogP contribution in [0.4, 0.5) is 5.69 Å². The third kappa shape index (κ3) is 1.75. The summed E-state index contributed by atoms with van der Waals surface area (Å²) in [7, 11) is 0. The van der Waals surface area contributed by atoms with Crippen LogP contribution < -0.4 is 16.8 Å². The summed E-state index contributed by atoms with van der Waals surface area (Å²) in [6.45, 7) is 0.904. The van der Waals surface area contributed by atoms with Crippen LogP contribution >= 0.6 is 0 Å². The summed E-state index contributed by atoms with van der Waals surface area (Å²) in [5, 5.41) is 11.9. The predicted molar refractivity (Wildman–Crippen MR) is 60.7 cm³/mol. The van der Waals surface area contributed by atoms with E-state index in [1.807, 2.05) is 12.1 Å². The third-order valence-electron chi connectivity index (χ3n) is 3.02. The Morgan fingerprint density at radius 2 is 2.25 bits per heavy atom. The number of fused-ring (bicyclic) bond motifs is 1. The van der Waals surface area contributed by atoms with Crippen LogP contribution in [-0.4, -0.2) is 17.1 Å². The SMILES string of the molecule is NCc1ccc(N)c2c1CC(C(=O)O)NC2. The zero-order valence-corrected chi connectivity index (χ0v) is 8.86. The van der Waals surface area contributed by atoms with Gasteiger partial charge in [0.15, 0.2) is 0 Å². The summed E-state index contributed by atoms with van der Waals surface area (Å²) in [5.74, 6) is -0.837. The number of hydrogen-bond donors (Lipinski definition) is 4. The van der Waals surface area contributed by atoms with Gasteiger partial charge in [0.2, 0.25) is 0 Å². The van der Waals surface area contributed by atoms with Crippen molar-refractivity contribution in [3.05, 3.63) is 28.8 Å². The lowest BCUT2D eigenvalue weighted by Gasteiger charge is -2.26. The lowest BCUT2D eigenvalue weighted by atomic mass is 9.90. The molecule has 0 spiro atoms. The Hall–Kier alpha value is -1.59. The molecule has 86 valence electrons. The second-order valence-electron chi connectivity index (χ2n) is 3.95. The van der Waals surface area contributed by atoms with Gasteiger partial charge in [-0.3, -0.25) is 10.1 Å². The van der Waals surface area contributed by atoms with Crippen LogP contribution in [0.15, 0.2) is 12.1 Å². The molecule has 0 radical (unpaired) electrons. The van der Waals surface area contributed by atoms with Crippen LogP contribution in [0.3, 0.4) is 0 Å². The molecule has 0 saturated carbocycles. The zero-order valence-electron chi connectivity index (χ0n) is 8.86. The van der Waals surface area contributed by atoms with Crippen molar-refractivity contribution in [3.8, 4) is 0 Å². The number of carboxylic acid groups (broad SMARTS) is 1. The van der Waals surface area contributed by atoms with E-state index in [4.69, 9.17) is 16.6 Å². The number of anilines is 1. The highest BCUT2D eigenvalue weighted by molar-refractivity contribution is 5.75. The Kier molecular flexibility index (Phi) is 2.80. The number of hydrogen-bond acceptors (Lipinski definition) is 4. The monoisotopic (exact) mass is 221 g/mol. The molecule has 0 saturated heterocycles. The van der Waals surface area contributed by atoms with Crippen LogP contribution in [0, 0.1) is 0 Å². The molecule has 1 aliphatic heterocycles. The highest BCUT2D eigenvalue weighted by Crippen LogP contribution is 2.26. The van der Waals surface area contributed by atoms with Crippen LogP contribution in [0.5, 0.6) is 0 Å². The van der Waals surface area contributed by atoms with E-state index >= 15 is 0 Å². The maximum absolute atomic E-state index is 10.9. The fraction of sp³-hybridized carbons (Fsp3) is 0.364. The molecule has 0 amide bonds. The first-order valence-electron chi connectivity index (χ1n) is 5.19. The molecule has 1 atom stereocenters. The Balaban J connectivity index is 2.42. The molecule has 5 heteroatoms. The Labute approximate surface area is 93.4 Å². The maximum Gasteiger partial charge on any atom is 0.321 e. The highest BCUT2D eigenvalue weighted by atomic mass is 16.4. The van der Waals surface area contributed by atoms with Crippen molar-refractivity contribution >= 4 is 11.7 Å². The van der Waals surface area contributed by atoms with Crippen LogP contribution in [-0.2, 0) is 24.3 Å². The van der Waals surface area contributed by atoms with E-state index < -0.39 is 12.0 Å². The van der Waals surface area contributed by atoms with Gasteiger partial charge in [-0.2, -0.15) is 0 Å². The largest absolute Gasteiger partial charge is 0.480 e. The quantitative estimate of drug-likeness (QED) is 0.519. The van der Waals surface area contributed by atoms with Crippen molar-refractivity contribution in [3.63, 3.8) is 0 Å². The Morgan fingerprint density at radius 3 is 2.88 bits per heavy atom. The fourth-order valence-electron chi connectivity index (χ4n) is 2.09. The maximum atomic E-state index is 10.9. The third-order valence-corrected chi connectivity index (χ3v) is 3.02. The van der Waals surface area contributed by atoms with Crippen molar-refractivity contribution in [2.75, 3.05) is 5.73 Å². The highest BCUT2D eigenvalue weighted by Gasteiger charge is 2.26. The molecule has 0 aliphatic carbocycles. The minimum Gasteiger partial charge on any atom is -0.480 e. The molecular formula is C11H15N3O2. The first-order chi connectivity index (χ1) is 7.63. The van der Waals surface area contributed by atoms with Crippen molar-refractivity contribution in [2.24, 2.45) is 5.73 Å². The molecule has 6 N–H and O–H groups in total. The zero-order chi connectivity index (χ0) is 11.7. The van der Waals surface area contributed by atoms with E-state index in [-0.39, 0.29) is 0 Å². The van der Waals surface area contributed by atoms with Gasteiger partial charge in [-0.1, -0.05) is 6.07 Å². The topological polar surface area (TPSA) is 101 Å². The Morgan fingerprint density at radius 1 is 1.50 bits per heavy atom. The normalized spacial score (nSPS) is 19.2. The van der Waals surface area contributed by atoms with Gasteiger partial charge < -0.3 is 16.6 Å². The summed E-state index contributed by atoms with van der Waals surface area (Å²) in [6.07, 6.45) is 0.447. The molecule has 1 heterocycles.